The lowest BCUT2D eigenvalue weighted by atomic mass is 10.1. The van der Waals surface area contributed by atoms with E-state index in [9.17, 15) is 4.79 Å². The highest BCUT2D eigenvalue weighted by molar-refractivity contribution is 7.14. The number of pyridine rings is 1. The fourth-order valence-corrected chi connectivity index (χ4v) is 4.73. The van der Waals surface area contributed by atoms with Crippen LogP contribution in [0.2, 0.25) is 0 Å². The molecule has 0 atom stereocenters. The van der Waals surface area contributed by atoms with E-state index in [1.54, 1.807) is 29.9 Å². The number of carbonyl (C=O) groups is 1. The van der Waals surface area contributed by atoms with E-state index in [1.807, 2.05) is 59.4 Å². The Morgan fingerprint density at radius 3 is 2.77 bits per heavy atom. The number of benzene rings is 1. The van der Waals surface area contributed by atoms with Gasteiger partial charge in [-0.2, -0.15) is 10.2 Å². The van der Waals surface area contributed by atoms with Crippen LogP contribution in [-0.4, -0.2) is 26.9 Å². The molecule has 0 spiro atoms. The van der Waals surface area contributed by atoms with Crippen LogP contribution in [0.25, 0.3) is 16.9 Å². The van der Waals surface area contributed by atoms with Gasteiger partial charge in [-0.25, -0.2) is 10.1 Å². The van der Waals surface area contributed by atoms with Gasteiger partial charge in [0.25, 0.3) is 5.91 Å². The summed E-state index contributed by atoms with van der Waals surface area (Å²) in [7, 11) is 0. The maximum absolute atomic E-state index is 12.5. The van der Waals surface area contributed by atoms with Gasteiger partial charge in [-0.15, -0.1) is 11.3 Å². The maximum Gasteiger partial charge on any atom is 0.281 e. The minimum absolute atomic E-state index is 0.174. The molecule has 0 saturated carbocycles. The first-order valence-corrected chi connectivity index (χ1v) is 10.6. The molecular weight excluding hydrogens is 394 g/mol. The fourth-order valence-electron chi connectivity index (χ4n) is 3.59. The second-order valence-electron chi connectivity index (χ2n) is 7.06. The van der Waals surface area contributed by atoms with Crippen LogP contribution >= 0.6 is 11.3 Å². The van der Waals surface area contributed by atoms with E-state index in [4.69, 9.17) is 5.10 Å². The van der Waals surface area contributed by atoms with Crippen LogP contribution < -0.4 is 5.43 Å². The number of hydrazone groups is 1. The Morgan fingerprint density at radius 1 is 1.13 bits per heavy atom. The monoisotopic (exact) mass is 413 g/mol. The number of rotatable bonds is 5. The molecule has 0 bridgehead atoms. The SMILES string of the molecule is O=C(N/N=C\c1cn(-c2ccccc2)nc1-c1ccncc1)c1cc2c(s1)CCC2. The van der Waals surface area contributed by atoms with Gasteiger partial charge in [-0.3, -0.25) is 9.78 Å². The zero-order valence-corrected chi connectivity index (χ0v) is 17.0. The van der Waals surface area contributed by atoms with Gasteiger partial charge < -0.3 is 0 Å². The maximum atomic E-state index is 12.5. The molecule has 0 fully saturated rings. The largest absolute Gasteiger partial charge is 0.281 e. The lowest BCUT2D eigenvalue weighted by molar-refractivity contribution is 0.0959. The van der Waals surface area contributed by atoms with Crippen LogP contribution in [0.5, 0.6) is 0 Å². The number of aromatic nitrogens is 3. The predicted molar refractivity (Wildman–Crippen MR) is 118 cm³/mol. The van der Waals surface area contributed by atoms with Gasteiger partial charge in [0.1, 0.15) is 5.69 Å². The first kappa shape index (κ1) is 18.4. The molecule has 1 amide bonds. The average Bonchev–Trinajstić information content (AvgIpc) is 3.50. The van der Waals surface area contributed by atoms with Crippen molar-refractivity contribution in [2.45, 2.75) is 19.3 Å². The lowest BCUT2D eigenvalue weighted by Crippen LogP contribution is -2.16. The lowest BCUT2D eigenvalue weighted by Gasteiger charge is -2.00. The number of fused-ring (bicyclic) bond motifs is 1. The summed E-state index contributed by atoms with van der Waals surface area (Å²) in [6.07, 6.45) is 10.3. The predicted octanol–water partition coefficient (Wildman–Crippen LogP) is 4.25. The highest BCUT2D eigenvalue weighted by atomic mass is 32.1. The quantitative estimate of drug-likeness (QED) is 0.393. The normalized spacial score (nSPS) is 12.9. The average molecular weight is 414 g/mol. The Balaban J connectivity index is 1.41. The molecular formula is C23H19N5OS. The van der Waals surface area contributed by atoms with Crippen molar-refractivity contribution in [2.24, 2.45) is 5.10 Å². The Hall–Kier alpha value is -3.58. The third-order valence-electron chi connectivity index (χ3n) is 5.06. The second kappa shape index (κ2) is 8.04. The Kier molecular flexibility index (Phi) is 4.94. The summed E-state index contributed by atoms with van der Waals surface area (Å²) in [5.74, 6) is -0.174. The molecule has 148 valence electrons. The summed E-state index contributed by atoms with van der Waals surface area (Å²) in [5, 5.41) is 8.93. The number of carbonyl (C=O) groups excluding carboxylic acids is 1. The molecule has 5 rings (SSSR count). The van der Waals surface area contributed by atoms with E-state index in [0.717, 1.165) is 35.3 Å². The molecule has 0 unspecified atom stereocenters. The summed E-state index contributed by atoms with van der Waals surface area (Å²) >= 11 is 1.57. The minimum Gasteiger partial charge on any atom is -0.266 e. The molecule has 3 heterocycles. The van der Waals surface area contributed by atoms with Crippen LogP contribution in [0.15, 0.2) is 72.2 Å². The second-order valence-corrected chi connectivity index (χ2v) is 8.20. The molecule has 6 nitrogen and oxygen atoms in total. The van der Waals surface area contributed by atoms with Crippen LogP contribution in [0.4, 0.5) is 0 Å². The summed E-state index contributed by atoms with van der Waals surface area (Å²) in [5.41, 5.74) is 7.42. The third kappa shape index (κ3) is 3.67. The zero-order chi connectivity index (χ0) is 20.3. The van der Waals surface area contributed by atoms with Gasteiger partial charge in [0.05, 0.1) is 16.8 Å². The molecule has 0 aliphatic heterocycles. The summed E-state index contributed by atoms with van der Waals surface area (Å²) in [6.45, 7) is 0. The fraction of sp³-hybridized carbons (Fsp3) is 0.130. The molecule has 0 radical (unpaired) electrons. The van der Waals surface area contributed by atoms with Crippen LogP contribution in [0, 0.1) is 0 Å². The van der Waals surface area contributed by atoms with Crippen molar-refractivity contribution in [3.8, 4) is 16.9 Å². The number of aryl methyl sites for hydroxylation is 2. The van der Waals surface area contributed by atoms with Gasteiger partial charge in [0.2, 0.25) is 0 Å². The van der Waals surface area contributed by atoms with E-state index in [2.05, 4.69) is 15.5 Å². The molecule has 4 aromatic rings. The molecule has 1 aliphatic carbocycles. The van der Waals surface area contributed by atoms with Crippen LogP contribution in [-0.2, 0) is 12.8 Å². The van der Waals surface area contributed by atoms with Crippen LogP contribution in [0.3, 0.4) is 0 Å². The van der Waals surface area contributed by atoms with Gasteiger partial charge in [-0.1, -0.05) is 18.2 Å². The smallest absolute Gasteiger partial charge is 0.266 e. The van der Waals surface area contributed by atoms with E-state index in [0.29, 0.717) is 4.88 Å². The molecule has 3 aromatic heterocycles. The van der Waals surface area contributed by atoms with Crippen molar-refractivity contribution in [3.63, 3.8) is 0 Å². The summed E-state index contributed by atoms with van der Waals surface area (Å²) in [4.78, 5) is 18.6. The van der Waals surface area contributed by atoms with Gasteiger partial charge in [0.15, 0.2) is 0 Å². The number of hydrogen-bond donors (Lipinski definition) is 1. The highest BCUT2D eigenvalue weighted by Gasteiger charge is 2.18. The third-order valence-corrected chi connectivity index (χ3v) is 6.29. The number of nitrogens with one attached hydrogen (secondary N) is 1. The number of nitrogens with zero attached hydrogens (tertiary/aromatic N) is 4. The number of thiophene rings is 1. The minimum atomic E-state index is -0.174. The first-order chi connectivity index (χ1) is 14.8. The first-order valence-electron chi connectivity index (χ1n) is 9.78. The molecule has 1 N–H and O–H groups in total. The van der Waals surface area contributed by atoms with E-state index in [-0.39, 0.29) is 5.91 Å². The van der Waals surface area contributed by atoms with Crippen molar-refractivity contribution < 1.29 is 4.79 Å². The molecule has 7 heteroatoms. The van der Waals surface area contributed by atoms with Crippen molar-refractivity contribution in [2.75, 3.05) is 0 Å². The molecule has 0 saturated heterocycles. The summed E-state index contributed by atoms with van der Waals surface area (Å²) in [6, 6.07) is 15.7. The Bertz CT molecular complexity index is 1190. The standard InChI is InChI=1S/C23H19N5OS/c29-23(21-13-17-5-4-8-20(17)30-21)26-25-14-18-15-28(19-6-2-1-3-7-19)27-22(18)16-9-11-24-12-10-16/h1-3,6-7,9-15H,4-5,8H2,(H,26,29)/b25-14-. The molecule has 1 aromatic carbocycles. The molecule has 1 aliphatic rings. The number of amides is 1. The number of para-hydroxylation sites is 1. The van der Waals surface area contributed by atoms with Gasteiger partial charge in [-0.05, 0) is 55.2 Å². The van der Waals surface area contributed by atoms with Crippen molar-refractivity contribution in [3.05, 3.63) is 88.0 Å². The molecule has 30 heavy (non-hydrogen) atoms. The van der Waals surface area contributed by atoms with E-state index in [1.165, 1.54) is 16.9 Å². The number of hydrogen-bond acceptors (Lipinski definition) is 5. The Labute approximate surface area is 177 Å². The van der Waals surface area contributed by atoms with Gasteiger partial charge >= 0.3 is 0 Å². The van der Waals surface area contributed by atoms with Crippen molar-refractivity contribution in [1.29, 1.82) is 0 Å². The Morgan fingerprint density at radius 2 is 1.97 bits per heavy atom. The summed E-state index contributed by atoms with van der Waals surface area (Å²) < 4.78 is 1.81. The van der Waals surface area contributed by atoms with E-state index >= 15 is 0 Å². The highest BCUT2D eigenvalue weighted by Crippen LogP contribution is 2.30. The van der Waals surface area contributed by atoms with E-state index < -0.39 is 0 Å². The zero-order valence-electron chi connectivity index (χ0n) is 16.2. The van der Waals surface area contributed by atoms with Crippen molar-refractivity contribution >= 4 is 23.5 Å². The topological polar surface area (TPSA) is 72.2 Å². The van der Waals surface area contributed by atoms with Crippen molar-refractivity contribution in [1.82, 2.24) is 20.2 Å². The van der Waals surface area contributed by atoms with Crippen LogP contribution in [0.1, 0.15) is 32.1 Å². The van der Waals surface area contributed by atoms with Gasteiger partial charge in [0, 0.05) is 34.6 Å².